The van der Waals surface area contributed by atoms with E-state index in [1.165, 1.54) is 0 Å². The van der Waals surface area contributed by atoms with Crippen LogP contribution in [0.2, 0.25) is 0 Å². The number of hydrogen-bond donors (Lipinski definition) is 2. The Kier molecular flexibility index (Phi) is 4.42. The third kappa shape index (κ3) is 3.25. The zero-order chi connectivity index (χ0) is 14.0. The van der Waals surface area contributed by atoms with Gasteiger partial charge in [0, 0.05) is 21.6 Å². The quantitative estimate of drug-likeness (QED) is 0.821. The van der Waals surface area contributed by atoms with E-state index < -0.39 is 0 Å². The van der Waals surface area contributed by atoms with Crippen LogP contribution in [0.4, 0.5) is 17.3 Å². The lowest BCUT2D eigenvalue weighted by Gasteiger charge is -2.13. The van der Waals surface area contributed by atoms with Crippen molar-refractivity contribution in [2.75, 3.05) is 17.7 Å². The number of rotatable bonds is 3. The van der Waals surface area contributed by atoms with E-state index >= 15 is 0 Å². The molecule has 2 rings (SSSR count). The van der Waals surface area contributed by atoms with Crippen molar-refractivity contribution in [3.8, 4) is 0 Å². The summed E-state index contributed by atoms with van der Waals surface area (Å²) in [5, 5.41) is 6.41. The second kappa shape index (κ2) is 5.88. The molecule has 19 heavy (non-hydrogen) atoms. The van der Waals surface area contributed by atoms with Gasteiger partial charge in [0.1, 0.15) is 17.5 Å². The topological polar surface area (TPSA) is 49.8 Å². The van der Waals surface area contributed by atoms with Crippen molar-refractivity contribution in [1.29, 1.82) is 0 Å². The smallest absolute Gasteiger partial charge is 0.139 e. The lowest BCUT2D eigenvalue weighted by atomic mass is 10.2. The molecule has 0 aliphatic carbocycles. The predicted molar refractivity (Wildman–Crippen MR) is 86.2 cm³/mol. The maximum absolute atomic E-state index is 4.45. The van der Waals surface area contributed by atoms with Gasteiger partial charge in [-0.3, -0.25) is 0 Å². The van der Waals surface area contributed by atoms with Crippen LogP contribution in [0.1, 0.15) is 11.4 Å². The van der Waals surface area contributed by atoms with Crippen molar-refractivity contribution >= 4 is 49.2 Å². The fourth-order valence-corrected chi connectivity index (χ4v) is 2.42. The van der Waals surface area contributed by atoms with Gasteiger partial charge in [-0.15, -0.1) is 0 Å². The molecule has 100 valence electrons. The van der Waals surface area contributed by atoms with Gasteiger partial charge in [0.2, 0.25) is 0 Å². The van der Waals surface area contributed by atoms with Crippen molar-refractivity contribution in [2.24, 2.45) is 0 Å². The Hall–Kier alpha value is -1.14. The van der Waals surface area contributed by atoms with Gasteiger partial charge < -0.3 is 10.6 Å². The van der Waals surface area contributed by atoms with E-state index in [0.29, 0.717) is 0 Å². The van der Waals surface area contributed by atoms with Crippen LogP contribution in [0.25, 0.3) is 0 Å². The number of aryl methyl sites for hydroxylation is 1. The van der Waals surface area contributed by atoms with Crippen molar-refractivity contribution in [3.05, 3.63) is 38.5 Å². The number of aromatic nitrogens is 2. The summed E-state index contributed by atoms with van der Waals surface area (Å²) in [5.74, 6) is 2.36. The zero-order valence-electron chi connectivity index (χ0n) is 10.9. The predicted octanol–water partition coefficient (Wildman–Crippen LogP) is 4.40. The molecule has 0 saturated carbocycles. The first-order valence-electron chi connectivity index (χ1n) is 5.76. The first-order chi connectivity index (χ1) is 9.01. The van der Waals surface area contributed by atoms with Gasteiger partial charge in [-0.2, -0.15) is 0 Å². The molecule has 0 saturated heterocycles. The fraction of sp³-hybridized carbons (Fsp3) is 0.231. The standard InChI is InChI=1S/C13H14Br2N4/c1-7-12(16-3)17-8(2)18-13(7)19-11-6-9(14)4-5-10(11)15/h4-6H,1-3H3,(H2,16,17,18,19). The van der Waals surface area contributed by atoms with Crippen LogP contribution < -0.4 is 10.6 Å². The van der Waals surface area contributed by atoms with Crippen LogP contribution in [-0.2, 0) is 0 Å². The molecular weight excluding hydrogens is 372 g/mol. The molecule has 1 aromatic carbocycles. The van der Waals surface area contributed by atoms with Crippen molar-refractivity contribution in [1.82, 2.24) is 9.97 Å². The average molecular weight is 386 g/mol. The molecule has 0 fully saturated rings. The Bertz CT molecular complexity index is 614. The van der Waals surface area contributed by atoms with E-state index in [-0.39, 0.29) is 0 Å². The number of benzene rings is 1. The summed E-state index contributed by atoms with van der Waals surface area (Å²) >= 11 is 6.99. The summed E-state index contributed by atoms with van der Waals surface area (Å²) in [7, 11) is 1.85. The molecule has 0 spiro atoms. The van der Waals surface area contributed by atoms with Gasteiger partial charge in [0.05, 0.1) is 5.69 Å². The molecule has 0 aliphatic heterocycles. The Balaban J connectivity index is 2.43. The maximum Gasteiger partial charge on any atom is 0.139 e. The van der Waals surface area contributed by atoms with Gasteiger partial charge in [0.15, 0.2) is 0 Å². The fourth-order valence-electron chi connectivity index (χ4n) is 1.71. The van der Waals surface area contributed by atoms with Gasteiger partial charge in [-0.05, 0) is 48.0 Å². The summed E-state index contributed by atoms with van der Waals surface area (Å²) in [5.41, 5.74) is 1.94. The summed E-state index contributed by atoms with van der Waals surface area (Å²) < 4.78 is 1.99. The summed E-state index contributed by atoms with van der Waals surface area (Å²) in [6, 6.07) is 5.96. The maximum atomic E-state index is 4.45. The van der Waals surface area contributed by atoms with Gasteiger partial charge in [-0.25, -0.2) is 9.97 Å². The SMILES string of the molecule is CNc1nc(C)nc(Nc2cc(Br)ccc2Br)c1C. The van der Waals surface area contributed by atoms with Crippen LogP contribution in [0, 0.1) is 13.8 Å². The number of halogens is 2. The van der Waals surface area contributed by atoms with Crippen LogP contribution in [0.15, 0.2) is 27.1 Å². The largest absolute Gasteiger partial charge is 0.373 e. The number of nitrogens with one attached hydrogen (secondary N) is 2. The van der Waals surface area contributed by atoms with E-state index in [0.717, 1.165) is 37.7 Å². The van der Waals surface area contributed by atoms with Crippen LogP contribution in [0.3, 0.4) is 0 Å². The highest BCUT2D eigenvalue weighted by Crippen LogP contribution is 2.30. The summed E-state index contributed by atoms with van der Waals surface area (Å²) in [6.07, 6.45) is 0. The van der Waals surface area contributed by atoms with Crippen molar-refractivity contribution in [2.45, 2.75) is 13.8 Å². The van der Waals surface area contributed by atoms with Crippen molar-refractivity contribution < 1.29 is 0 Å². The molecule has 4 nitrogen and oxygen atoms in total. The molecule has 1 heterocycles. The Labute approximate surface area is 129 Å². The third-order valence-corrected chi connectivity index (χ3v) is 3.86. The number of hydrogen-bond acceptors (Lipinski definition) is 4. The van der Waals surface area contributed by atoms with Crippen LogP contribution in [-0.4, -0.2) is 17.0 Å². The first kappa shape index (κ1) is 14.3. The second-order valence-electron chi connectivity index (χ2n) is 4.09. The monoisotopic (exact) mass is 384 g/mol. The minimum absolute atomic E-state index is 0.726. The van der Waals surface area contributed by atoms with Gasteiger partial charge >= 0.3 is 0 Å². The average Bonchev–Trinajstić information content (AvgIpc) is 2.37. The van der Waals surface area contributed by atoms with E-state index in [4.69, 9.17) is 0 Å². The molecular formula is C13H14Br2N4. The number of anilines is 3. The molecule has 2 N–H and O–H groups in total. The lowest BCUT2D eigenvalue weighted by Crippen LogP contribution is -2.05. The highest BCUT2D eigenvalue weighted by Gasteiger charge is 2.10. The minimum atomic E-state index is 0.726. The Morgan fingerprint density at radius 3 is 2.42 bits per heavy atom. The van der Waals surface area contributed by atoms with E-state index in [9.17, 15) is 0 Å². The molecule has 0 aliphatic rings. The molecule has 2 aromatic rings. The number of nitrogens with zero attached hydrogens (tertiary/aromatic N) is 2. The minimum Gasteiger partial charge on any atom is -0.373 e. The van der Waals surface area contributed by atoms with Gasteiger partial charge in [-0.1, -0.05) is 15.9 Å². The molecule has 0 radical (unpaired) electrons. The second-order valence-corrected chi connectivity index (χ2v) is 5.86. The van der Waals surface area contributed by atoms with Crippen LogP contribution in [0.5, 0.6) is 0 Å². The Morgan fingerprint density at radius 2 is 1.74 bits per heavy atom. The molecule has 6 heteroatoms. The zero-order valence-corrected chi connectivity index (χ0v) is 14.1. The van der Waals surface area contributed by atoms with E-state index in [1.54, 1.807) is 0 Å². The molecule has 0 atom stereocenters. The lowest BCUT2D eigenvalue weighted by molar-refractivity contribution is 1.03. The summed E-state index contributed by atoms with van der Waals surface area (Å²) in [6.45, 7) is 3.86. The third-order valence-electron chi connectivity index (χ3n) is 2.68. The first-order valence-corrected chi connectivity index (χ1v) is 7.35. The highest BCUT2D eigenvalue weighted by molar-refractivity contribution is 9.11. The molecule has 1 aromatic heterocycles. The van der Waals surface area contributed by atoms with E-state index in [1.807, 2.05) is 39.1 Å². The highest BCUT2D eigenvalue weighted by atomic mass is 79.9. The Morgan fingerprint density at radius 1 is 1.05 bits per heavy atom. The van der Waals surface area contributed by atoms with Crippen molar-refractivity contribution in [3.63, 3.8) is 0 Å². The van der Waals surface area contributed by atoms with Gasteiger partial charge in [0.25, 0.3) is 0 Å². The normalized spacial score (nSPS) is 10.4. The molecule has 0 amide bonds. The van der Waals surface area contributed by atoms with Crippen LogP contribution >= 0.6 is 31.9 Å². The van der Waals surface area contributed by atoms with E-state index in [2.05, 4.69) is 52.5 Å². The summed E-state index contributed by atoms with van der Waals surface area (Å²) in [4.78, 5) is 8.80. The molecule has 0 unspecified atom stereocenters. The molecule has 0 bridgehead atoms.